The highest BCUT2D eigenvalue weighted by Gasteiger charge is 2.08. The van der Waals surface area contributed by atoms with Crippen LogP contribution in [0.2, 0.25) is 0 Å². The molecule has 0 heterocycles. The van der Waals surface area contributed by atoms with Crippen molar-refractivity contribution < 1.29 is 4.39 Å². The number of rotatable bonds is 2. The van der Waals surface area contributed by atoms with E-state index in [9.17, 15) is 4.39 Å². The molecule has 0 radical (unpaired) electrons. The number of halogens is 2. The molecule has 3 heteroatoms. The summed E-state index contributed by atoms with van der Waals surface area (Å²) in [6.45, 7) is 3.76. The number of nitrogens with two attached hydrogens (primary N) is 1. The van der Waals surface area contributed by atoms with Gasteiger partial charge < -0.3 is 5.73 Å². The number of hydrogen-bond acceptors (Lipinski definition) is 1. The van der Waals surface area contributed by atoms with Gasteiger partial charge in [0.25, 0.3) is 0 Å². The minimum absolute atomic E-state index is 0. The van der Waals surface area contributed by atoms with Crippen LogP contribution in [0.5, 0.6) is 0 Å². The molecule has 0 aromatic heterocycles. The van der Waals surface area contributed by atoms with Crippen molar-refractivity contribution in [3.8, 4) is 0 Å². The Bertz CT molecular complexity index is 276. The first-order chi connectivity index (χ1) is 5.66. The van der Waals surface area contributed by atoms with Crippen LogP contribution in [0.1, 0.15) is 30.5 Å². The highest BCUT2D eigenvalue weighted by atomic mass is 35.5. The highest BCUT2D eigenvalue weighted by Crippen LogP contribution is 2.19. The highest BCUT2D eigenvalue weighted by molar-refractivity contribution is 5.85. The Morgan fingerprint density at radius 1 is 1.46 bits per heavy atom. The zero-order chi connectivity index (χ0) is 9.14. The summed E-state index contributed by atoms with van der Waals surface area (Å²) >= 11 is 0. The van der Waals surface area contributed by atoms with Gasteiger partial charge in [-0.3, -0.25) is 0 Å². The summed E-state index contributed by atoms with van der Waals surface area (Å²) in [6, 6.07) is 5.00. The van der Waals surface area contributed by atoms with Crippen molar-refractivity contribution in [1.29, 1.82) is 0 Å². The average Bonchev–Trinajstić information content (AvgIpc) is 2.08. The van der Waals surface area contributed by atoms with Gasteiger partial charge in [-0.1, -0.05) is 19.1 Å². The minimum Gasteiger partial charge on any atom is -0.324 e. The normalized spacial score (nSPS) is 12.0. The fraction of sp³-hybridized carbons (Fsp3) is 0.400. The summed E-state index contributed by atoms with van der Waals surface area (Å²) in [4.78, 5) is 0. The quantitative estimate of drug-likeness (QED) is 0.786. The molecule has 0 fully saturated rings. The van der Waals surface area contributed by atoms with E-state index in [1.807, 2.05) is 13.0 Å². The molecule has 1 nitrogen and oxygen atoms in total. The van der Waals surface area contributed by atoms with E-state index in [4.69, 9.17) is 5.73 Å². The second-order valence-electron chi connectivity index (χ2n) is 2.97. The second kappa shape index (κ2) is 5.20. The van der Waals surface area contributed by atoms with Gasteiger partial charge in [0.2, 0.25) is 0 Å². The summed E-state index contributed by atoms with van der Waals surface area (Å²) in [5, 5.41) is 0. The molecule has 0 aliphatic heterocycles. The van der Waals surface area contributed by atoms with Crippen LogP contribution in [-0.2, 0) is 0 Å². The lowest BCUT2D eigenvalue weighted by Gasteiger charge is -2.12. The lowest BCUT2D eigenvalue weighted by Crippen LogP contribution is -2.10. The van der Waals surface area contributed by atoms with Crippen molar-refractivity contribution in [1.82, 2.24) is 0 Å². The van der Waals surface area contributed by atoms with Crippen molar-refractivity contribution >= 4 is 12.4 Å². The second-order valence-corrected chi connectivity index (χ2v) is 2.97. The van der Waals surface area contributed by atoms with Gasteiger partial charge in [0, 0.05) is 6.04 Å². The number of hydrogen-bond donors (Lipinski definition) is 1. The molecule has 0 bridgehead atoms. The Kier molecular flexibility index (Phi) is 4.96. The third-order valence-corrected chi connectivity index (χ3v) is 2.15. The molecule has 0 saturated carbocycles. The van der Waals surface area contributed by atoms with E-state index >= 15 is 0 Å². The average molecular weight is 204 g/mol. The third kappa shape index (κ3) is 2.68. The molecule has 1 atom stereocenters. The maximum absolute atomic E-state index is 13.0. The lowest BCUT2D eigenvalue weighted by atomic mass is 10.00. The molecule has 74 valence electrons. The van der Waals surface area contributed by atoms with Crippen molar-refractivity contribution in [3.05, 3.63) is 35.1 Å². The SMILES string of the molecule is CCC(N)c1cccc(F)c1C.Cl. The number of benzene rings is 1. The molecule has 13 heavy (non-hydrogen) atoms. The topological polar surface area (TPSA) is 26.0 Å². The molecule has 0 amide bonds. The summed E-state index contributed by atoms with van der Waals surface area (Å²) in [5.41, 5.74) is 7.38. The molecule has 2 N–H and O–H groups in total. The first-order valence-electron chi connectivity index (χ1n) is 4.17. The molecule has 0 spiro atoms. The molecule has 1 rings (SSSR count). The van der Waals surface area contributed by atoms with Gasteiger partial charge >= 0.3 is 0 Å². The van der Waals surface area contributed by atoms with E-state index in [1.54, 1.807) is 13.0 Å². The minimum atomic E-state index is -0.170. The van der Waals surface area contributed by atoms with Gasteiger partial charge in [-0.15, -0.1) is 12.4 Å². The predicted molar refractivity (Wildman–Crippen MR) is 55.6 cm³/mol. The van der Waals surface area contributed by atoms with Gasteiger partial charge in [-0.2, -0.15) is 0 Å². The molecule has 1 aromatic carbocycles. The molecule has 1 aromatic rings. The van der Waals surface area contributed by atoms with E-state index in [-0.39, 0.29) is 24.3 Å². The molecular formula is C10H15ClFN. The van der Waals surface area contributed by atoms with Crippen LogP contribution in [0.25, 0.3) is 0 Å². The zero-order valence-corrected chi connectivity index (χ0v) is 8.70. The van der Waals surface area contributed by atoms with Crippen LogP contribution in [0.3, 0.4) is 0 Å². The van der Waals surface area contributed by atoms with Gasteiger partial charge in [-0.05, 0) is 30.5 Å². The molecule has 0 aliphatic rings. The Morgan fingerprint density at radius 3 is 2.62 bits per heavy atom. The lowest BCUT2D eigenvalue weighted by molar-refractivity contribution is 0.605. The van der Waals surface area contributed by atoms with E-state index in [0.717, 1.165) is 12.0 Å². The van der Waals surface area contributed by atoms with Crippen molar-refractivity contribution in [3.63, 3.8) is 0 Å². The van der Waals surface area contributed by atoms with E-state index in [0.29, 0.717) is 5.56 Å². The smallest absolute Gasteiger partial charge is 0.126 e. The molecular weight excluding hydrogens is 189 g/mol. The van der Waals surface area contributed by atoms with Crippen LogP contribution in [-0.4, -0.2) is 0 Å². The Morgan fingerprint density at radius 2 is 2.08 bits per heavy atom. The van der Waals surface area contributed by atoms with Crippen molar-refractivity contribution in [2.24, 2.45) is 5.73 Å². The van der Waals surface area contributed by atoms with Gasteiger partial charge in [0.15, 0.2) is 0 Å². The fourth-order valence-corrected chi connectivity index (χ4v) is 1.25. The first kappa shape index (κ1) is 12.4. The summed E-state index contributed by atoms with van der Waals surface area (Å²) in [6.07, 6.45) is 0.838. The molecule has 1 unspecified atom stereocenters. The van der Waals surface area contributed by atoms with Crippen molar-refractivity contribution in [2.75, 3.05) is 0 Å². The standard InChI is InChI=1S/C10H14FN.ClH/c1-3-10(12)8-5-4-6-9(11)7(8)2;/h4-6,10H,3,12H2,1-2H3;1H. The van der Waals surface area contributed by atoms with E-state index in [1.165, 1.54) is 6.07 Å². The summed E-state index contributed by atoms with van der Waals surface area (Å²) in [5.74, 6) is -0.170. The van der Waals surface area contributed by atoms with Gasteiger partial charge in [0.05, 0.1) is 0 Å². The maximum atomic E-state index is 13.0. The largest absolute Gasteiger partial charge is 0.324 e. The summed E-state index contributed by atoms with van der Waals surface area (Å²) in [7, 11) is 0. The van der Waals surface area contributed by atoms with Crippen LogP contribution in [0.4, 0.5) is 4.39 Å². The van der Waals surface area contributed by atoms with Gasteiger partial charge in [-0.25, -0.2) is 4.39 Å². The zero-order valence-electron chi connectivity index (χ0n) is 7.88. The van der Waals surface area contributed by atoms with E-state index in [2.05, 4.69) is 0 Å². The van der Waals surface area contributed by atoms with Crippen LogP contribution in [0.15, 0.2) is 18.2 Å². The Labute approximate surface area is 84.5 Å². The predicted octanol–water partition coefficient (Wildman–Crippen LogP) is 2.97. The van der Waals surface area contributed by atoms with Crippen LogP contribution < -0.4 is 5.73 Å². The Hall–Kier alpha value is -0.600. The van der Waals surface area contributed by atoms with E-state index < -0.39 is 0 Å². The summed E-state index contributed by atoms with van der Waals surface area (Å²) < 4.78 is 13.0. The fourth-order valence-electron chi connectivity index (χ4n) is 1.25. The first-order valence-corrected chi connectivity index (χ1v) is 4.17. The Balaban J connectivity index is 0.00000144. The van der Waals surface area contributed by atoms with Crippen molar-refractivity contribution in [2.45, 2.75) is 26.3 Å². The molecule has 0 aliphatic carbocycles. The third-order valence-electron chi connectivity index (χ3n) is 2.15. The van der Waals surface area contributed by atoms with Gasteiger partial charge in [0.1, 0.15) is 5.82 Å². The molecule has 0 saturated heterocycles. The maximum Gasteiger partial charge on any atom is 0.126 e. The van der Waals surface area contributed by atoms with Crippen LogP contribution in [0, 0.1) is 12.7 Å². The monoisotopic (exact) mass is 203 g/mol. The van der Waals surface area contributed by atoms with Crippen LogP contribution >= 0.6 is 12.4 Å².